The van der Waals surface area contributed by atoms with E-state index in [1.54, 1.807) is 0 Å². The van der Waals surface area contributed by atoms with E-state index in [9.17, 15) is 9.18 Å². The maximum atomic E-state index is 12.9. The molecule has 0 heterocycles. The second kappa shape index (κ2) is 6.11. The Labute approximate surface area is 110 Å². The molecule has 0 aliphatic rings. The van der Waals surface area contributed by atoms with E-state index in [1.165, 1.54) is 18.2 Å². The van der Waals surface area contributed by atoms with Crippen molar-refractivity contribution in [3.63, 3.8) is 0 Å². The van der Waals surface area contributed by atoms with E-state index in [0.717, 1.165) is 11.6 Å². The number of nitrogens with two attached hydrogens (primary N) is 1. The van der Waals surface area contributed by atoms with Crippen molar-refractivity contribution in [2.75, 3.05) is 0 Å². The number of ether oxygens (including phenoxy) is 1. The molecule has 3 nitrogen and oxygen atoms in total. The van der Waals surface area contributed by atoms with Crippen molar-refractivity contribution in [1.29, 1.82) is 0 Å². The van der Waals surface area contributed by atoms with Crippen LogP contribution in [0.3, 0.4) is 0 Å². The van der Waals surface area contributed by atoms with Gasteiger partial charge in [0.25, 0.3) is 0 Å². The van der Waals surface area contributed by atoms with E-state index < -0.39 is 17.8 Å². The molecule has 0 aliphatic heterocycles. The summed E-state index contributed by atoms with van der Waals surface area (Å²) in [5.41, 5.74) is 6.72. The summed E-state index contributed by atoms with van der Waals surface area (Å²) < 4.78 is 18.0. The van der Waals surface area contributed by atoms with Gasteiger partial charge in [-0.05, 0) is 24.1 Å². The Morgan fingerprint density at radius 2 is 1.89 bits per heavy atom. The minimum absolute atomic E-state index is 0.161. The molecule has 0 amide bonds. The first kappa shape index (κ1) is 13.2. The normalized spacial score (nSPS) is 11.9. The minimum atomic E-state index is -0.773. The number of rotatable bonds is 4. The molecular weight excluding hydrogens is 245 g/mol. The van der Waals surface area contributed by atoms with Crippen LogP contribution >= 0.6 is 0 Å². The predicted octanol–water partition coefficient (Wildman–Crippen LogP) is 2.30. The van der Waals surface area contributed by atoms with Crippen molar-refractivity contribution in [2.24, 2.45) is 5.73 Å². The van der Waals surface area contributed by atoms with Crippen LogP contribution in [0.5, 0.6) is 5.75 Å². The second-order valence-electron chi connectivity index (χ2n) is 4.17. The Kier molecular flexibility index (Phi) is 4.26. The lowest BCUT2D eigenvalue weighted by Crippen LogP contribution is -2.36. The molecule has 2 N–H and O–H groups in total. The summed E-state index contributed by atoms with van der Waals surface area (Å²) in [4.78, 5) is 11.8. The smallest absolute Gasteiger partial charge is 0.328 e. The van der Waals surface area contributed by atoms with Crippen LogP contribution in [0.25, 0.3) is 0 Å². The highest BCUT2D eigenvalue weighted by Gasteiger charge is 2.16. The van der Waals surface area contributed by atoms with Gasteiger partial charge in [-0.1, -0.05) is 36.4 Å². The van der Waals surface area contributed by atoms with Gasteiger partial charge < -0.3 is 10.5 Å². The van der Waals surface area contributed by atoms with Crippen molar-refractivity contribution in [3.05, 3.63) is 66.0 Å². The fourth-order valence-electron chi connectivity index (χ4n) is 1.67. The standard InChI is InChI=1S/C15H14FNO2/c16-12-7-4-8-13(10-12)19-15(18)14(17)9-11-5-2-1-3-6-11/h1-8,10,14H,9,17H2. The van der Waals surface area contributed by atoms with E-state index in [2.05, 4.69) is 0 Å². The van der Waals surface area contributed by atoms with E-state index in [-0.39, 0.29) is 5.75 Å². The molecule has 0 saturated heterocycles. The molecule has 4 heteroatoms. The lowest BCUT2D eigenvalue weighted by atomic mass is 10.1. The van der Waals surface area contributed by atoms with Gasteiger partial charge in [-0.25, -0.2) is 9.18 Å². The Morgan fingerprint density at radius 1 is 1.16 bits per heavy atom. The summed E-state index contributed by atoms with van der Waals surface area (Å²) >= 11 is 0. The summed E-state index contributed by atoms with van der Waals surface area (Å²) in [6.07, 6.45) is 0.384. The molecule has 0 aromatic heterocycles. The first-order chi connectivity index (χ1) is 9.15. The fraction of sp³-hybridized carbons (Fsp3) is 0.133. The monoisotopic (exact) mass is 259 g/mol. The highest BCUT2D eigenvalue weighted by atomic mass is 19.1. The highest BCUT2D eigenvalue weighted by Crippen LogP contribution is 2.13. The topological polar surface area (TPSA) is 52.3 Å². The molecular formula is C15H14FNO2. The van der Waals surface area contributed by atoms with Gasteiger partial charge in [-0.15, -0.1) is 0 Å². The molecule has 0 radical (unpaired) electrons. The number of benzene rings is 2. The molecule has 0 aliphatic carbocycles. The molecule has 0 fully saturated rings. The number of hydrogen-bond acceptors (Lipinski definition) is 3. The summed E-state index contributed by atoms with van der Waals surface area (Å²) in [5, 5.41) is 0. The van der Waals surface area contributed by atoms with Gasteiger partial charge in [0.15, 0.2) is 0 Å². The molecule has 0 spiro atoms. The maximum Gasteiger partial charge on any atom is 0.328 e. The van der Waals surface area contributed by atoms with Crippen molar-refractivity contribution in [1.82, 2.24) is 0 Å². The van der Waals surface area contributed by atoms with Crippen molar-refractivity contribution in [2.45, 2.75) is 12.5 Å². The number of carbonyl (C=O) groups is 1. The minimum Gasteiger partial charge on any atom is -0.425 e. The largest absolute Gasteiger partial charge is 0.425 e. The zero-order valence-electron chi connectivity index (χ0n) is 10.3. The molecule has 0 saturated carbocycles. The summed E-state index contributed by atoms with van der Waals surface area (Å²) in [7, 11) is 0. The molecule has 98 valence electrons. The summed E-state index contributed by atoms with van der Waals surface area (Å²) in [5.74, 6) is -0.870. The van der Waals surface area contributed by atoms with Crippen LogP contribution in [-0.4, -0.2) is 12.0 Å². The van der Waals surface area contributed by atoms with Crippen LogP contribution < -0.4 is 10.5 Å². The Morgan fingerprint density at radius 3 is 2.58 bits per heavy atom. The van der Waals surface area contributed by atoms with Gasteiger partial charge >= 0.3 is 5.97 Å². The van der Waals surface area contributed by atoms with Crippen LogP contribution in [0.1, 0.15) is 5.56 Å². The predicted molar refractivity (Wildman–Crippen MR) is 70.2 cm³/mol. The highest BCUT2D eigenvalue weighted by molar-refractivity contribution is 5.78. The third-order valence-corrected chi connectivity index (χ3v) is 2.62. The second-order valence-corrected chi connectivity index (χ2v) is 4.17. The molecule has 1 atom stereocenters. The molecule has 2 aromatic rings. The summed E-state index contributed by atoms with van der Waals surface area (Å²) in [6, 6.07) is 14.0. The van der Waals surface area contributed by atoms with Crippen LogP contribution in [-0.2, 0) is 11.2 Å². The van der Waals surface area contributed by atoms with Crippen LogP contribution in [0.15, 0.2) is 54.6 Å². The quantitative estimate of drug-likeness (QED) is 0.677. The van der Waals surface area contributed by atoms with Gasteiger partial charge in [0.1, 0.15) is 17.6 Å². The Hall–Kier alpha value is -2.20. The van der Waals surface area contributed by atoms with E-state index in [1.807, 2.05) is 30.3 Å². The average molecular weight is 259 g/mol. The molecule has 1 unspecified atom stereocenters. The lowest BCUT2D eigenvalue weighted by Gasteiger charge is -2.11. The van der Waals surface area contributed by atoms with Crippen molar-refractivity contribution >= 4 is 5.97 Å². The van der Waals surface area contributed by atoms with E-state index in [0.29, 0.717) is 6.42 Å². The van der Waals surface area contributed by atoms with Gasteiger partial charge in [-0.2, -0.15) is 0 Å². The third-order valence-electron chi connectivity index (χ3n) is 2.62. The van der Waals surface area contributed by atoms with Crippen LogP contribution in [0.2, 0.25) is 0 Å². The molecule has 2 rings (SSSR count). The number of hydrogen-bond donors (Lipinski definition) is 1. The maximum absolute atomic E-state index is 12.9. The first-order valence-electron chi connectivity index (χ1n) is 5.92. The van der Waals surface area contributed by atoms with Crippen LogP contribution in [0, 0.1) is 5.82 Å². The van der Waals surface area contributed by atoms with Gasteiger partial charge in [-0.3, -0.25) is 0 Å². The van der Waals surface area contributed by atoms with E-state index >= 15 is 0 Å². The SMILES string of the molecule is NC(Cc1ccccc1)C(=O)Oc1cccc(F)c1. The number of esters is 1. The Bertz CT molecular complexity index is 557. The number of halogens is 1. The first-order valence-corrected chi connectivity index (χ1v) is 5.92. The zero-order valence-corrected chi connectivity index (χ0v) is 10.3. The van der Waals surface area contributed by atoms with Gasteiger partial charge in [0.2, 0.25) is 0 Å². The van der Waals surface area contributed by atoms with Gasteiger partial charge in [0, 0.05) is 6.07 Å². The zero-order chi connectivity index (χ0) is 13.7. The fourth-order valence-corrected chi connectivity index (χ4v) is 1.67. The van der Waals surface area contributed by atoms with E-state index in [4.69, 9.17) is 10.5 Å². The van der Waals surface area contributed by atoms with Crippen molar-refractivity contribution < 1.29 is 13.9 Å². The lowest BCUT2D eigenvalue weighted by molar-refractivity contribution is -0.135. The number of carbonyl (C=O) groups excluding carboxylic acids is 1. The molecule has 0 bridgehead atoms. The Balaban J connectivity index is 1.96. The summed E-state index contributed by atoms with van der Waals surface area (Å²) in [6.45, 7) is 0. The third kappa shape index (κ3) is 3.89. The molecule has 2 aromatic carbocycles. The molecule has 19 heavy (non-hydrogen) atoms. The average Bonchev–Trinajstić information content (AvgIpc) is 2.40. The van der Waals surface area contributed by atoms with Crippen LogP contribution in [0.4, 0.5) is 4.39 Å². The van der Waals surface area contributed by atoms with Crippen molar-refractivity contribution in [3.8, 4) is 5.75 Å². The van der Waals surface area contributed by atoms with Gasteiger partial charge in [0.05, 0.1) is 0 Å².